The van der Waals surface area contributed by atoms with Crippen LogP contribution < -0.4 is 11.3 Å². The first-order valence-corrected chi connectivity index (χ1v) is 6.94. The first kappa shape index (κ1) is 14.8. The van der Waals surface area contributed by atoms with Gasteiger partial charge >= 0.3 is 0 Å². The van der Waals surface area contributed by atoms with Crippen LogP contribution in [0.15, 0.2) is 40.9 Å². The highest BCUT2D eigenvalue weighted by molar-refractivity contribution is 9.10. The first-order chi connectivity index (χ1) is 9.02. The van der Waals surface area contributed by atoms with Crippen molar-refractivity contribution in [3.63, 3.8) is 0 Å². The van der Waals surface area contributed by atoms with E-state index in [1.807, 2.05) is 0 Å². The van der Waals surface area contributed by atoms with Gasteiger partial charge in [0.1, 0.15) is 5.82 Å². The molecule has 2 rings (SSSR count). The fraction of sp³-hybridized carbons (Fsp3) is 0.0769. The van der Waals surface area contributed by atoms with E-state index < -0.39 is 11.9 Å². The topological polar surface area (TPSA) is 38.0 Å². The van der Waals surface area contributed by atoms with Gasteiger partial charge in [-0.1, -0.05) is 51.3 Å². The first-order valence-electron chi connectivity index (χ1n) is 5.39. The highest BCUT2D eigenvalue weighted by atomic mass is 79.9. The van der Waals surface area contributed by atoms with Gasteiger partial charge in [-0.2, -0.15) is 0 Å². The molecule has 3 N–H and O–H groups in total. The smallest absolute Gasteiger partial charge is 0.129 e. The Bertz CT molecular complexity index is 556. The van der Waals surface area contributed by atoms with Crippen molar-refractivity contribution >= 4 is 39.1 Å². The van der Waals surface area contributed by atoms with Crippen molar-refractivity contribution in [2.24, 2.45) is 5.84 Å². The zero-order valence-electron chi connectivity index (χ0n) is 9.63. The molecule has 0 heterocycles. The van der Waals surface area contributed by atoms with Crippen molar-refractivity contribution in [3.8, 4) is 0 Å². The Morgan fingerprint density at radius 2 is 1.63 bits per heavy atom. The number of hydrogen-bond donors (Lipinski definition) is 2. The third-order valence-electron chi connectivity index (χ3n) is 2.71. The molecule has 2 nitrogen and oxygen atoms in total. The number of benzene rings is 2. The zero-order chi connectivity index (χ0) is 14.0. The lowest BCUT2D eigenvalue weighted by molar-refractivity contribution is 0.559. The van der Waals surface area contributed by atoms with E-state index in [4.69, 9.17) is 29.0 Å². The maximum absolute atomic E-state index is 14.0. The van der Waals surface area contributed by atoms with Crippen LogP contribution in [0.4, 0.5) is 4.39 Å². The summed E-state index contributed by atoms with van der Waals surface area (Å²) >= 11 is 15.0. The van der Waals surface area contributed by atoms with Crippen LogP contribution >= 0.6 is 39.1 Å². The molecule has 0 spiro atoms. The molecule has 0 fully saturated rings. The monoisotopic (exact) mass is 362 g/mol. The van der Waals surface area contributed by atoms with Crippen LogP contribution in [-0.2, 0) is 0 Å². The maximum Gasteiger partial charge on any atom is 0.129 e. The van der Waals surface area contributed by atoms with Crippen LogP contribution in [0.3, 0.4) is 0 Å². The van der Waals surface area contributed by atoms with Crippen LogP contribution in [0.1, 0.15) is 17.2 Å². The molecule has 0 amide bonds. The Kier molecular flexibility index (Phi) is 4.81. The van der Waals surface area contributed by atoms with Gasteiger partial charge in [0, 0.05) is 20.1 Å². The summed E-state index contributed by atoms with van der Waals surface area (Å²) in [5.74, 6) is 5.13. The third kappa shape index (κ3) is 3.27. The van der Waals surface area contributed by atoms with E-state index in [2.05, 4.69) is 21.4 Å². The average Bonchev–Trinajstić information content (AvgIpc) is 2.34. The van der Waals surface area contributed by atoms with E-state index >= 15 is 0 Å². The Labute approximate surface area is 128 Å². The third-order valence-corrected chi connectivity index (χ3v) is 3.87. The van der Waals surface area contributed by atoms with Crippen LogP contribution in [0.2, 0.25) is 10.0 Å². The average molecular weight is 364 g/mol. The summed E-state index contributed by atoms with van der Waals surface area (Å²) in [5, 5.41) is 0.926. The zero-order valence-corrected chi connectivity index (χ0v) is 12.7. The highest BCUT2D eigenvalue weighted by Crippen LogP contribution is 2.32. The molecule has 2 aromatic rings. The van der Waals surface area contributed by atoms with Gasteiger partial charge in [0.05, 0.1) is 6.04 Å². The Balaban J connectivity index is 2.50. The standard InChI is InChI=1S/C13H10BrCl2FN2/c14-11-5-7(15)1-3-9(11)13(19-18)10-4-2-8(16)6-12(10)17/h1-6,13,19H,18H2. The molecule has 0 aliphatic heterocycles. The van der Waals surface area contributed by atoms with Gasteiger partial charge in [-0.05, 0) is 29.8 Å². The van der Waals surface area contributed by atoms with Crippen molar-refractivity contribution < 1.29 is 4.39 Å². The minimum Gasteiger partial charge on any atom is -0.271 e. The van der Waals surface area contributed by atoms with Gasteiger partial charge in [0.2, 0.25) is 0 Å². The van der Waals surface area contributed by atoms with E-state index in [0.717, 1.165) is 10.0 Å². The van der Waals surface area contributed by atoms with Gasteiger partial charge < -0.3 is 0 Å². The molecule has 6 heteroatoms. The molecule has 0 aromatic heterocycles. The largest absolute Gasteiger partial charge is 0.271 e. The molecular weight excluding hydrogens is 354 g/mol. The van der Waals surface area contributed by atoms with Crippen LogP contribution in [-0.4, -0.2) is 0 Å². The fourth-order valence-corrected chi connectivity index (χ4v) is 2.89. The molecule has 0 aliphatic carbocycles. The van der Waals surface area contributed by atoms with Crippen LogP contribution in [0.5, 0.6) is 0 Å². The normalized spacial score (nSPS) is 12.5. The summed E-state index contributed by atoms with van der Waals surface area (Å²) in [7, 11) is 0. The Hall–Kier alpha value is -0.650. The van der Waals surface area contributed by atoms with Crippen molar-refractivity contribution in [1.29, 1.82) is 0 Å². The molecule has 2 aromatic carbocycles. The summed E-state index contributed by atoms with van der Waals surface area (Å²) < 4.78 is 14.7. The molecule has 19 heavy (non-hydrogen) atoms. The van der Waals surface area contributed by atoms with E-state index in [1.165, 1.54) is 6.07 Å². The van der Waals surface area contributed by atoms with Gasteiger partial charge in [0.15, 0.2) is 0 Å². The number of nitrogens with two attached hydrogens (primary N) is 1. The van der Waals surface area contributed by atoms with Crippen molar-refractivity contribution in [2.75, 3.05) is 0 Å². The summed E-state index contributed by atoms with van der Waals surface area (Å²) in [6, 6.07) is 9.21. The molecule has 0 bridgehead atoms. The second-order valence-corrected chi connectivity index (χ2v) is 5.66. The van der Waals surface area contributed by atoms with Crippen molar-refractivity contribution in [2.45, 2.75) is 6.04 Å². The lowest BCUT2D eigenvalue weighted by atomic mass is 9.99. The Morgan fingerprint density at radius 1 is 1.05 bits per heavy atom. The molecule has 0 saturated heterocycles. The van der Waals surface area contributed by atoms with Gasteiger partial charge in [-0.15, -0.1) is 0 Å². The number of rotatable bonds is 3. The summed E-state index contributed by atoms with van der Waals surface area (Å²) in [5.41, 5.74) is 3.80. The lowest BCUT2D eigenvalue weighted by Crippen LogP contribution is -2.29. The predicted molar refractivity (Wildman–Crippen MR) is 79.7 cm³/mol. The highest BCUT2D eigenvalue weighted by Gasteiger charge is 2.19. The molecule has 1 atom stereocenters. The van der Waals surface area contributed by atoms with E-state index in [1.54, 1.807) is 30.3 Å². The van der Waals surface area contributed by atoms with Crippen molar-refractivity contribution in [1.82, 2.24) is 5.43 Å². The fourth-order valence-electron chi connectivity index (χ4n) is 1.82. The van der Waals surface area contributed by atoms with Crippen LogP contribution in [0, 0.1) is 5.82 Å². The predicted octanol–water partition coefficient (Wildman–Crippen LogP) is 4.45. The number of hydrogen-bond acceptors (Lipinski definition) is 2. The van der Waals surface area contributed by atoms with Crippen molar-refractivity contribution in [3.05, 3.63) is 67.9 Å². The molecule has 1 unspecified atom stereocenters. The number of hydrazine groups is 1. The lowest BCUT2D eigenvalue weighted by Gasteiger charge is -2.19. The summed E-state index contributed by atoms with van der Waals surface area (Å²) in [6.45, 7) is 0. The van der Waals surface area contributed by atoms with Crippen LogP contribution in [0.25, 0.3) is 0 Å². The number of nitrogens with one attached hydrogen (secondary N) is 1. The molecule has 100 valence electrons. The molecule has 0 saturated carbocycles. The van der Waals surface area contributed by atoms with E-state index in [-0.39, 0.29) is 0 Å². The molecule has 0 radical (unpaired) electrons. The minimum atomic E-state index is -0.496. The molecule has 0 aliphatic rings. The quantitative estimate of drug-likeness (QED) is 0.624. The number of halogens is 4. The second-order valence-electron chi connectivity index (χ2n) is 3.93. The van der Waals surface area contributed by atoms with E-state index in [9.17, 15) is 4.39 Å². The summed E-state index contributed by atoms with van der Waals surface area (Å²) in [6.07, 6.45) is 0. The van der Waals surface area contributed by atoms with Gasteiger partial charge in [-0.25, -0.2) is 9.82 Å². The molecular formula is C13H10BrCl2FN2. The van der Waals surface area contributed by atoms with E-state index in [0.29, 0.717) is 15.6 Å². The summed E-state index contributed by atoms with van der Waals surface area (Å²) in [4.78, 5) is 0. The van der Waals surface area contributed by atoms with Gasteiger partial charge in [-0.3, -0.25) is 5.84 Å². The minimum absolute atomic E-state index is 0.340. The van der Waals surface area contributed by atoms with Gasteiger partial charge in [0.25, 0.3) is 0 Å². The maximum atomic E-state index is 14.0. The SMILES string of the molecule is NNC(c1ccc(Cl)cc1F)c1ccc(Cl)cc1Br. The Morgan fingerprint density at radius 3 is 2.16 bits per heavy atom. The second kappa shape index (κ2) is 6.20.